The molecule has 0 aromatic rings. The van der Waals surface area contributed by atoms with E-state index >= 15 is 0 Å². The first kappa shape index (κ1) is 48.4. The first-order chi connectivity index (χ1) is 25.0. The zero-order valence-electron chi connectivity index (χ0n) is 32.2. The maximum absolute atomic E-state index is 12.7. The van der Waals surface area contributed by atoms with Gasteiger partial charge in [-0.15, -0.1) is 0 Å². The summed E-state index contributed by atoms with van der Waals surface area (Å²) < 4.78 is 53.8. The van der Waals surface area contributed by atoms with Gasteiger partial charge in [0.1, 0.15) is 36.8 Å². The highest BCUT2D eigenvalue weighted by Crippen LogP contribution is 2.24. The largest absolute Gasteiger partial charge is 0.462 e. The van der Waals surface area contributed by atoms with Crippen molar-refractivity contribution in [3.8, 4) is 0 Å². The van der Waals surface area contributed by atoms with Gasteiger partial charge in [0.25, 0.3) is 10.1 Å². The second-order valence-corrected chi connectivity index (χ2v) is 15.8. The summed E-state index contributed by atoms with van der Waals surface area (Å²) >= 11 is 0. The van der Waals surface area contributed by atoms with E-state index < -0.39 is 71.2 Å². The Morgan fingerprint density at radius 2 is 1.10 bits per heavy atom. The molecule has 1 aliphatic rings. The molecule has 1 heterocycles. The molecule has 52 heavy (non-hydrogen) atoms. The van der Waals surface area contributed by atoms with Crippen molar-refractivity contribution in [1.29, 1.82) is 0 Å². The molecule has 0 bridgehead atoms. The van der Waals surface area contributed by atoms with E-state index in [0.29, 0.717) is 12.8 Å². The van der Waals surface area contributed by atoms with Crippen molar-refractivity contribution in [1.82, 2.24) is 0 Å². The van der Waals surface area contributed by atoms with E-state index in [4.69, 9.17) is 18.9 Å². The summed E-state index contributed by atoms with van der Waals surface area (Å²) in [7, 11) is -4.59. The molecular weight excluding hydrogens is 692 g/mol. The minimum absolute atomic E-state index is 0.167. The number of aliphatic hydroxyl groups is 3. The van der Waals surface area contributed by atoms with Gasteiger partial charge in [0.05, 0.1) is 6.61 Å². The molecule has 0 amide bonds. The number of allylic oxidation sites excluding steroid dienone is 2. The molecule has 306 valence electrons. The van der Waals surface area contributed by atoms with E-state index in [-0.39, 0.29) is 19.4 Å². The summed E-state index contributed by atoms with van der Waals surface area (Å²) in [5.41, 5.74) is 0. The zero-order chi connectivity index (χ0) is 38.5. The lowest BCUT2D eigenvalue weighted by Crippen LogP contribution is -2.60. The van der Waals surface area contributed by atoms with Crippen LogP contribution in [0.1, 0.15) is 168 Å². The predicted molar refractivity (Wildman–Crippen MR) is 201 cm³/mol. The highest BCUT2D eigenvalue weighted by atomic mass is 32.2. The minimum Gasteiger partial charge on any atom is -0.462 e. The maximum atomic E-state index is 12.7. The van der Waals surface area contributed by atoms with E-state index in [2.05, 4.69) is 26.0 Å². The van der Waals surface area contributed by atoms with Crippen LogP contribution in [0.3, 0.4) is 0 Å². The molecule has 6 atom stereocenters. The molecule has 0 aromatic heterocycles. The third-order valence-electron chi connectivity index (χ3n) is 9.35. The van der Waals surface area contributed by atoms with Gasteiger partial charge in [-0.3, -0.25) is 14.1 Å². The summed E-state index contributed by atoms with van der Waals surface area (Å²) in [4.78, 5) is 25.2. The van der Waals surface area contributed by atoms with Gasteiger partial charge < -0.3 is 34.3 Å². The Bertz CT molecular complexity index is 1040. The molecule has 1 aliphatic heterocycles. The quantitative estimate of drug-likeness (QED) is 0.0230. The number of unbranched alkanes of at least 4 members (excludes halogenated alkanes) is 19. The van der Waals surface area contributed by atoms with Gasteiger partial charge in [0.15, 0.2) is 12.4 Å². The van der Waals surface area contributed by atoms with Crippen LogP contribution >= 0.6 is 0 Å². The Balaban J connectivity index is 2.51. The van der Waals surface area contributed by atoms with Crippen molar-refractivity contribution >= 4 is 22.1 Å². The van der Waals surface area contributed by atoms with Crippen LogP contribution in [0.5, 0.6) is 0 Å². The number of ether oxygens (including phenoxy) is 4. The Hall–Kier alpha value is -1.61. The van der Waals surface area contributed by atoms with Crippen molar-refractivity contribution in [2.24, 2.45) is 0 Å². The molecule has 0 radical (unpaired) electrons. The lowest BCUT2D eigenvalue weighted by molar-refractivity contribution is -0.297. The Morgan fingerprint density at radius 1 is 0.635 bits per heavy atom. The fraction of sp³-hybridized carbons (Fsp3) is 0.897. The first-order valence-corrected chi connectivity index (χ1v) is 21.9. The molecule has 2 unspecified atom stereocenters. The molecule has 0 saturated carbocycles. The summed E-state index contributed by atoms with van der Waals surface area (Å²) in [6, 6.07) is 0. The number of carbonyl (C=O) groups is 2. The second-order valence-electron chi connectivity index (χ2n) is 14.3. The number of aliphatic hydroxyl groups excluding tert-OH is 3. The number of esters is 2. The fourth-order valence-electron chi connectivity index (χ4n) is 6.14. The topological polar surface area (TPSA) is 186 Å². The molecule has 4 N–H and O–H groups in total. The molecule has 1 saturated heterocycles. The number of carbonyl (C=O) groups excluding carboxylic acids is 2. The van der Waals surface area contributed by atoms with Gasteiger partial charge >= 0.3 is 11.9 Å². The van der Waals surface area contributed by atoms with E-state index in [0.717, 1.165) is 57.8 Å². The van der Waals surface area contributed by atoms with Crippen LogP contribution < -0.4 is 0 Å². The van der Waals surface area contributed by atoms with Crippen molar-refractivity contribution in [3.05, 3.63) is 12.2 Å². The molecule has 0 spiro atoms. The normalized spacial score (nSPS) is 21.4. The average Bonchev–Trinajstić information content (AvgIpc) is 3.10. The van der Waals surface area contributed by atoms with Gasteiger partial charge in [-0.2, -0.15) is 8.42 Å². The van der Waals surface area contributed by atoms with E-state index in [1.165, 1.54) is 70.6 Å². The minimum atomic E-state index is -4.59. The average molecular weight is 765 g/mol. The third-order valence-corrected chi connectivity index (χ3v) is 10.1. The monoisotopic (exact) mass is 764 g/mol. The van der Waals surface area contributed by atoms with Crippen molar-refractivity contribution < 1.29 is 56.8 Å². The maximum Gasteiger partial charge on any atom is 0.306 e. The SMILES string of the molecule is CCCCCC/C=C/CCCCCCCC(=O)OC[C@H](CO[C@H]1O[C@H](CS(=O)(=O)O)[C@@H](O)C(O)C1O)OC(=O)CCCCCCCCCCCCC. The number of rotatable bonds is 33. The van der Waals surface area contributed by atoms with Crippen LogP contribution in [0.2, 0.25) is 0 Å². The molecule has 12 nitrogen and oxygen atoms in total. The van der Waals surface area contributed by atoms with Crippen LogP contribution in [-0.2, 0) is 38.7 Å². The lowest BCUT2D eigenvalue weighted by Gasteiger charge is -2.40. The molecular formula is C39H72O12S. The first-order valence-electron chi connectivity index (χ1n) is 20.2. The Morgan fingerprint density at radius 3 is 1.62 bits per heavy atom. The van der Waals surface area contributed by atoms with Crippen molar-refractivity contribution in [2.45, 2.75) is 205 Å². The third kappa shape index (κ3) is 25.4. The molecule has 0 aliphatic carbocycles. The summed E-state index contributed by atoms with van der Waals surface area (Å²) in [6.45, 7) is 3.71. The standard InChI is InChI=1S/C39H72O12S/c1-3-5-7-9-11-13-15-16-18-19-21-23-25-27-34(40)48-29-32(50-35(41)28-26-24-22-20-17-14-12-10-8-6-4-2)30-49-39-38(44)37(43)36(42)33(51-39)31-52(45,46)47/h13,15,32-33,36-39,42-44H,3-12,14,16-31H2,1-2H3,(H,45,46,47)/b15-13+/t32-,33-,36-,37?,38?,39+/m1/s1. The summed E-state index contributed by atoms with van der Waals surface area (Å²) in [5, 5.41) is 30.7. The van der Waals surface area contributed by atoms with Crippen LogP contribution in [0.4, 0.5) is 0 Å². The van der Waals surface area contributed by atoms with Crippen LogP contribution in [-0.4, -0.2) is 96.0 Å². The predicted octanol–water partition coefficient (Wildman–Crippen LogP) is 7.11. The zero-order valence-corrected chi connectivity index (χ0v) is 33.0. The summed E-state index contributed by atoms with van der Waals surface area (Å²) in [6.07, 6.45) is 19.8. The summed E-state index contributed by atoms with van der Waals surface area (Å²) in [5.74, 6) is -1.99. The number of hydrogen-bond acceptors (Lipinski definition) is 11. The molecule has 0 aromatic carbocycles. The van der Waals surface area contributed by atoms with Crippen LogP contribution in [0.15, 0.2) is 12.2 Å². The van der Waals surface area contributed by atoms with E-state index in [1.54, 1.807) is 0 Å². The van der Waals surface area contributed by atoms with Gasteiger partial charge in [-0.25, -0.2) is 0 Å². The molecule has 1 fully saturated rings. The number of hydrogen-bond donors (Lipinski definition) is 4. The second kappa shape index (κ2) is 30.7. The van der Waals surface area contributed by atoms with Gasteiger partial charge in [-0.1, -0.05) is 129 Å². The molecule has 1 rings (SSSR count). The van der Waals surface area contributed by atoms with E-state index in [9.17, 15) is 37.9 Å². The van der Waals surface area contributed by atoms with Gasteiger partial charge in [-0.05, 0) is 38.5 Å². The Labute approximate surface area is 314 Å². The highest BCUT2D eigenvalue weighted by molar-refractivity contribution is 7.85. The fourth-order valence-corrected chi connectivity index (χ4v) is 6.83. The van der Waals surface area contributed by atoms with Gasteiger partial charge in [0.2, 0.25) is 0 Å². The Kier molecular flexibility index (Phi) is 28.6. The van der Waals surface area contributed by atoms with Gasteiger partial charge in [0, 0.05) is 12.8 Å². The smallest absolute Gasteiger partial charge is 0.306 e. The van der Waals surface area contributed by atoms with Crippen LogP contribution in [0, 0.1) is 0 Å². The van der Waals surface area contributed by atoms with Crippen molar-refractivity contribution in [2.75, 3.05) is 19.0 Å². The highest BCUT2D eigenvalue weighted by Gasteiger charge is 2.46. The van der Waals surface area contributed by atoms with Crippen LogP contribution in [0.25, 0.3) is 0 Å². The lowest BCUT2D eigenvalue weighted by atomic mass is 10.00. The van der Waals surface area contributed by atoms with E-state index in [1.807, 2.05) is 0 Å². The molecule has 13 heteroatoms. The van der Waals surface area contributed by atoms with Crippen molar-refractivity contribution in [3.63, 3.8) is 0 Å².